The van der Waals surface area contributed by atoms with Gasteiger partial charge in [-0.05, 0) is 24.1 Å². The molecule has 0 heterocycles. The highest BCUT2D eigenvalue weighted by Gasteiger charge is 2.25. The number of methoxy groups -OCH3 is 1. The van der Waals surface area contributed by atoms with Gasteiger partial charge in [-0.2, -0.15) is 0 Å². The van der Waals surface area contributed by atoms with E-state index in [0.717, 1.165) is 17.7 Å². The third-order valence-corrected chi connectivity index (χ3v) is 2.73. The van der Waals surface area contributed by atoms with Gasteiger partial charge in [-0.25, -0.2) is 0 Å². The van der Waals surface area contributed by atoms with Crippen LogP contribution in [0.25, 0.3) is 0 Å². The van der Waals surface area contributed by atoms with E-state index in [4.69, 9.17) is 10.5 Å². The molecule has 2 rings (SSSR count). The van der Waals surface area contributed by atoms with Crippen molar-refractivity contribution < 1.29 is 4.74 Å². The zero-order valence-electron chi connectivity index (χ0n) is 8.81. The summed E-state index contributed by atoms with van der Waals surface area (Å²) in [5.74, 6) is 0.881. The van der Waals surface area contributed by atoms with Crippen LogP contribution in [0, 0.1) is 0 Å². The molecule has 0 radical (unpaired) electrons. The maximum atomic E-state index is 6.31. The van der Waals surface area contributed by atoms with E-state index < -0.39 is 0 Å². The molecule has 0 fully saturated rings. The standard InChI is InChI=1S/C13H15NO/c1-15-12-7-9-13(14,10-8-12)11-5-3-2-4-6-11/h2-9H,10,14H2,1H3/t13-/m0/s1. The maximum absolute atomic E-state index is 6.31. The summed E-state index contributed by atoms with van der Waals surface area (Å²) in [4.78, 5) is 0. The second kappa shape index (κ2) is 3.91. The third-order valence-electron chi connectivity index (χ3n) is 2.73. The lowest BCUT2D eigenvalue weighted by atomic mass is 9.85. The molecule has 1 aliphatic carbocycles. The molecule has 0 aromatic heterocycles. The van der Waals surface area contributed by atoms with Crippen molar-refractivity contribution >= 4 is 0 Å². The first-order chi connectivity index (χ1) is 7.24. The van der Waals surface area contributed by atoms with Crippen molar-refractivity contribution in [3.63, 3.8) is 0 Å². The van der Waals surface area contributed by atoms with Gasteiger partial charge in [0.25, 0.3) is 0 Å². The van der Waals surface area contributed by atoms with Crippen LogP contribution in [0.2, 0.25) is 0 Å². The second-order valence-corrected chi connectivity index (χ2v) is 3.75. The molecule has 0 aliphatic heterocycles. The minimum atomic E-state index is -0.386. The van der Waals surface area contributed by atoms with E-state index in [1.165, 1.54) is 0 Å². The van der Waals surface area contributed by atoms with Crippen LogP contribution in [0.15, 0.2) is 54.3 Å². The normalized spacial score (nSPS) is 24.8. The molecule has 2 heteroatoms. The minimum Gasteiger partial charge on any atom is -0.497 e. The van der Waals surface area contributed by atoms with Crippen LogP contribution in [0.3, 0.4) is 0 Å². The quantitative estimate of drug-likeness (QED) is 0.797. The van der Waals surface area contributed by atoms with Gasteiger partial charge in [-0.15, -0.1) is 0 Å². The van der Waals surface area contributed by atoms with Crippen LogP contribution >= 0.6 is 0 Å². The van der Waals surface area contributed by atoms with Crippen molar-refractivity contribution in [2.75, 3.05) is 7.11 Å². The van der Waals surface area contributed by atoms with Crippen LogP contribution in [-0.2, 0) is 10.3 Å². The lowest BCUT2D eigenvalue weighted by Gasteiger charge is -2.28. The van der Waals surface area contributed by atoms with E-state index in [9.17, 15) is 0 Å². The highest BCUT2D eigenvalue weighted by Crippen LogP contribution is 2.28. The fourth-order valence-corrected chi connectivity index (χ4v) is 1.75. The third kappa shape index (κ3) is 1.95. The maximum Gasteiger partial charge on any atom is 0.114 e. The average molecular weight is 201 g/mol. The lowest BCUT2D eigenvalue weighted by molar-refractivity contribution is 0.299. The van der Waals surface area contributed by atoms with Crippen LogP contribution in [0.5, 0.6) is 0 Å². The van der Waals surface area contributed by atoms with Crippen molar-refractivity contribution in [3.8, 4) is 0 Å². The van der Waals surface area contributed by atoms with E-state index in [1.54, 1.807) is 7.11 Å². The molecule has 0 spiro atoms. The van der Waals surface area contributed by atoms with Crippen molar-refractivity contribution in [3.05, 3.63) is 59.9 Å². The Morgan fingerprint density at radius 3 is 2.53 bits per heavy atom. The number of hydrogen-bond donors (Lipinski definition) is 1. The number of ether oxygens (including phenoxy) is 1. The highest BCUT2D eigenvalue weighted by atomic mass is 16.5. The van der Waals surface area contributed by atoms with Crippen LogP contribution < -0.4 is 5.73 Å². The Bertz CT molecular complexity index is 394. The largest absolute Gasteiger partial charge is 0.497 e. The van der Waals surface area contributed by atoms with Gasteiger partial charge in [0, 0.05) is 0 Å². The van der Waals surface area contributed by atoms with Crippen LogP contribution in [0.4, 0.5) is 0 Å². The van der Waals surface area contributed by atoms with E-state index in [1.807, 2.05) is 36.4 Å². The smallest absolute Gasteiger partial charge is 0.114 e. The lowest BCUT2D eigenvalue weighted by Crippen LogP contribution is -2.35. The number of benzene rings is 1. The predicted octanol–water partition coefficient (Wildman–Crippen LogP) is 2.33. The molecule has 2 nitrogen and oxygen atoms in total. The zero-order valence-corrected chi connectivity index (χ0v) is 8.81. The molecule has 0 unspecified atom stereocenters. The first kappa shape index (κ1) is 9.99. The molecule has 15 heavy (non-hydrogen) atoms. The molecule has 1 aromatic rings. The summed E-state index contributed by atoms with van der Waals surface area (Å²) in [5.41, 5.74) is 7.06. The van der Waals surface area contributed by atoms with Crippen molar-refractivity contribution in [2.45, 2.75) is 12.0 Å². The van der Waals surface area contributed by atoms with Crippen LogP contribution in [0.1, 0.15) is 12.0 Å². The molecule has 0 amide bonds. The monoisotopic (exact) mass is 201 g/mol. The summed E-state index contributed by atoms with van der Waals surface area (Å²) in [6.45, 7) is 0. The van der Waals surface area contributed by atoms with E-state index >= 15 is 0 Å². The molecule has 78 valence electrons. The number of hydrogen-bond acceptors (Lipinski definition) is 2. The summed E-state index contributed by atoms with van der Waals surface area (Å²) >= 11 is 0. The molecular weight excluding hydrogens is 186 g/mol. The molecule has 0 bridgehead atoms. The number of allylic oxidation sites excluding steroid dienone is 1. The van der Waals surface area contributed by atoms with Crippen molar-refractivity contribution in [1.29, 1.82) is 0 Å². The van der Waals surface area contributed by atoms with E-state index in [-0.39, 0.29) is 5.54 Å². The first-order valence-corrected chi connectivity index (χ1v) is 5.02. The second-order valence-electron chi connectivity index (χ2n) is 3.75. The van der Waals surface area contributed by atoms with Gasteiger partial charge in [0.05, 0.1) is 12.6 Å². The Morgan fingerprint density at radius 2 is 2.00 bits per heavy atom. The van der Waals surface area contributed by atoms with E-state index in [0.29, 0.717) is 0 Å². The summed E-state index contributed by atoms with van der Waals surface area (Å²) in [7, 11) is 1.67. The zero-order chi connectivity index (χ0) is 10.7. The molecule has 1 atom stereocenters. The van der Waals surface area contributed by atoms with E-state index in [2.05, 4.69) is 12.1 Å². The Morgan fingerprint density at radius 1 is 1.27 bits per heavy atom. The summed E-state index contributed by atoms with van der Waals surface area (Å²) in [6, 6.07) is 10.1. The highest BCUT2D eigenvalue weighted by molar-refractivity contribution is 5.35. The summed E-state index contributed by atoms with van der Waals surface area (Å²) in [5, 5.41) is 0. The Labute approximate surface area is 90.1 Å². The van der Waals surface area contributed by atoms with Crippen LogP contribution in [-0.4, -0.2) is 7.11 Å². The molecular formula is C13H15NO. The minimum absolute atomic E-state index is 0.386. The van der Waals surface area contributed by atoms with Gasteiger partial charge in [-0.3, -0.25) is 0 Å². The van der Waals surface area contributed by atoms with Gasteiger partial charge in [0.15, 0.2) is 0 Å². The fraction of sp³-hybridized carbons (Fsp3) is 0.231. The Balaban J connectivity index is 2.25. The average Bonchev–Trinajstić information content (AvgIpc) is 2.31. The predicted molar refractivity (Wildman–Crippen MR) is 61.2 cm³/mol. The molecule has 0 saturated heterocycles. The summed E-state index contributed by atoms with van der Waals surface area (Å²) in [6.07, 6.45) is 6.72. The van der Waals surface area contributed by atoms with Gasteiger partial charge >= 0.3 is 0 Å². The topological polar surface area (TPSA) is 35.2 Å². The molecule has 1 aliphatic rings. The molecule has 0 saturated carbocycles. The number of nitrogens with two attached hydrogens (primary N) is 1. The SMILES string of the molecule is COC1=CC[C@](N)(c2ccccc2)C=C1. The van der Waals surface area contributed by atoms with Gasteiger partial charge in [-0.1, -0.05) is 36.4 Å². The molecule has 1 aromatic carbocycles. The number of rotatable bonds is 2. The summed E-state index contributed by atoms with van der Waals surface area (Å²) < 4.78 is 5.14. The fourth-order valence-electron chi connectivity index (χ4n) is 1.75. The first-order valence-electron chi connectivity index (χ1n) is 5.02. The van der Waals surface area contributed by atoms with Crippen molar-refractivity contribution in [1.82, 2.24) is 0 Å². The Kier molecular flexibility index (Phi) is 2.60. The Hall–Kier alpha value is -1.54. The molecule has 2 N–H and O–H groups in total. The van der Waals surface area contributed by atoms with Crippen molar-refractivity contribution in [2.24, 2.45) is 5.73 Å². The van der Waals surface area contributed by atoms with Gasteiger partial charge < -0.3 is 10.5 Å². The van der Waals surface area contributed by atoms with Gasteiger partial charge in [0.1, 0.15) is 5.76 Å². The van der Waals surface area contributed by atoms with Gasteiger partial charge in [0.2, 0.25) is 0 Å².